The van der Waals surface area contributed by atoms with Crippen molar-refractivity contribution in [3.05, 3.63) is 0 Å². The highest BCUT2D eigenvalue weighted by molar-refractivity contribution is 6.74. The van der Waals surface area contributed by atoms with E-state index in [1.54, 1.807) is 0 Å². The molecule has 0 radical (unpaired) electrons. The summed E-state index contributed by atoms with van der Waals surface area (Å²) < 4.78 is 18.9. The van der Waals surface area contributed by atoms with Gasteiger partial charge in [-0.3, -0.25) is 0 Å². The molecule has 0 fully saturated rings. The Morgan fingerprint density at radius 3 is 1.60 bits per heavy atom. The summed E-state index contributed by atoms with van der Waals surface area (Å²) in [6.07, 6.45) is 0.330. The predicted molar refractivity (Wildman–Crippen MR) is 133 cm³/mol. The summed E-state index contributed by atoms with van der Waals surface area (Å²) in [5.74, 6) is 0. The zero-order valence-electron chi connectivity index (χ0n) is 21.9. The van der Waals surface area contributed by atoms with Crippen LogP contribution < -0.4 is 5.32 Å². The van der Waals surface area contributed by atoms with E-state index in [2.05, 4.69) is 60.7 Å². The molecule has 0 saturated heterocycles. The van der Waals surface area contributed by atoms with Crippen LogP contribution in [0.25, 0.3) is 0 Å². The van der Waals surface area contributed by atoms with Gasteiger partial charge in [0.15, 0.2) is 16.6 Å². The van der Waals surface area contributed by atoms with Gasteiger partial charge in [0, 0.05) is 0 Å². The number of carbonyl (C=O) groups is 1. The molecule has 0 aromatic carbocycles. The molecule has 0 aliphatic carbocycles. The van der Waals surface area contributed by atoms with Crippen LogP contribution in [0.1, 0.15) is 82.6 Å². The third-order valence-electron chi connectivity index (χ3n) is 6.41. The number of hydrogen-bond acceptors (Lipinski definition) is 4. The Morgan fingerprint density at radius 1 is 0.800 bits per heavy atom. The van der Waals surface area contributed by atoms with Crippen molar-refractivity contribution >= 4 is 22.7 Å². The Bertz CT molecular complexity index is 481. The number of hydrogen-bond donors (Lipinski definition) is 1. The lowest BCUT2D eigenvalue weighted by atomic mass is 10.00. The number of carbonyl (C=O) groups excluding carboxylic acids is 1. The van der Waals surface area contributed by atoms with Crippen molar-refractivity contribution in [3.63, 3.8) is 0 Å². The molecule has 7 heteroatoms. The third kappa shape index (κ3) is 10.3. The molecule has 0 unspecified atom stereocenters. The van der Waals surface area contributed by atoms with Crippen molar-refractivity contribution in [3.8, 4) is 0 Å². The maximum atomic E-state index is 12.5. The van der Waals surface area contributed by atoms with Crippen LogP contribution in [0.15, 0.2) is 0 Å². The van der Waals surface area contributed by atoms with Gasteiger partial charge in [0.1, 0.15) is 5.60 Å². The van der Waals surface area contributed by atoms with E-state index >= 15 is 0 Å². The van der Waals surface area contributed by atoms with Gasteiger partial charge in [-0.05, 0) is 77.3 Å². The Morgan fingerprint density at radius 2 is 1.23 bits per heavy atom. The van der Waals surface area contributed by atoms with Gasteiger partial charge in [-0.2, -0.15) is 0 Å². The van der Waals surface area contributed by atoms with Gasteiger partial charge in [0.05, 0.1) is 18.2 Å². The fraction of sp³-hybridized carbons (Fsp3) is 0.957. The van der Waals surface area contributed by atoms with E-state index in [0.717, 1.165) is 36.3 Å². The van der Waals surface area contributed by atoms with Crippen molar-refractivity contribution in [2.75, 3.05) is 6.61 Å². The van der Waals surface area contributed by atoms with Crippen LogP contribution in [0.4, 0.5) is 4.79 Å². The molecule has 0 aliphatic rings. The fourth-order valence-corrected chi connectivity index (χ4v) is 10.0. The van der Waals surface area contributed by atoms with Crippen LogP contribution in [-0.4, -0.2) is 46.6 Å². The molecule has 0 saturated carbocycles. The van der Waals surface area contributed by atoms with Crippen molar-refractivity contribution in [1.82, 2.24) is 5.32 Å². The molecule has 1 N–H and O–H groups in total. The van der Waals surface area contributed by atoms with Crippen LogP contribution in [0.3, 0.4) is 0 Å². The highest BCUT2D eigenvalue weighted by Gasteiger charge is 2.38. The first kappa shape index (κ1) is 29.6. The Balaban J connectivity index is 5.47. The zero-order chi connectivity index (χ0) is 23.6. The molecular formula is C23H51NO4Si2. The topological polar surface area (TPSA) is 56.8 Å². The fourth-order valence-electron chi connectivity index (χ4n) is 4.15. The standard InChI is InChI=1S/C23H51NO4Si2/c1-12-29(13-2,14-3)26-19-20(24-21(25)27-22(7,8)9)18-23(10,11)28-30(15-4,16-5)17-6/h20H,12-19H2,1-11H3,(H,24,25)/t20-/m0/s1. The summed E-state index contributed by atoms with van der Waals surface area (Å²) in [4.78, 5) is 12.5. The number of ether oxygens (including phenoxy) is 1. The second-order valence-corrected chi connectivity index (χ2v) is 19.7. The average molecular weight is 462 g/mol. The zero-order valence-corrected chi connectivity index (χ0v) is 23.9. The minimum atomic E-state index is -1.75. The number of rotatable bonds is 14. The van der Waals surface area contributed by atoms with Gasteiger partial charge < -0.3 is 18.9 Å². The normalized spacial score (nSPS) is 14.5. The molecule has 0 rings (SSSR count). The molecule has 0 heterocycles. The molecular weight excluding hydrogens is 410 g/mol. The van der Waals surface area contributed by atoms with Crippen molar-refractivity contribution in [1.29, 1.82) is 0 Å². The molecule has 30 heavy (non-hydrogen) atoms. The first-order valence-corrected chi connectivity index (χ1v) is 17.1. The average Bonchev–Trinajstić information content (AvgIpc) is 2.65. The quantitative estimate of drug-likeness (QED) is 0.280. The van der Waals surface area contributed by atoms with Gasteiger partial charge >= 0.3 is 6.09 Å². The molecule has 0 aromatic rings. The van der Waals surface area contributed by atoms with Crippen molar-refractivity contribution < 1.29 is 18.4 Å². The Hall–Kier alpha value is -0.376. The van der Waals surface area contributed by atoms with E-state index in [1.807, 2.05) is 20.8 Å². The van der Waals surface area contributed by atoms with Crippen LogP contribution in [-0.2, 0) is 13.6 Å². The monoisotopic (exact) mass is 461 g/mol. The first-order chi connectivity index (χ1) is 13.8. The van der Waals surface area contributed by atoms with Crippen LogP contribution in [0.2, 0.25) is 36.3 Å². The molecule has 0 aliphatic heterocycles. The summed E-state index contributed by atoms with van der Waals surface area (Å²) >= 11 is 0. The summed E-state index contributed by atoms with van der Waals surface area (Å²) in [5.41, 5.74) is -0.850. The number of alkyl carbamates (subject to hydrolysis) is 1. The Kier molecular flexibility index (Phi) is 12.4. The largest absolute Gasteiger partial charge is 0.444 e. The van der Waals surface area contributed by atoms with E-state index in [-0.39, 0.29) is 17.7 Å². The van der Waals surface area contributed by atoms with Gasteiger partial charge in [-0.1, -0.05) is 41.5 Å². The lowest BCUT2D eigenvalue weighted by Gasteiger charge is -2.40. The molecule has 0 bridgehead atoms. The van der Waals surface area contributed by atoms with Crippen molar-refractivity contribution in [2.45, 2.75) is 136 Å². The summed E-state index contributed by atoms with van der Waals surface area (Å²) in [6.45, 7) is 23.9. The van der Waals surface area contributed by atoms with Gasteiger partial charge in [-0.25, -0.2) is 4.79 Å². The number of amides is 1. The van der Waals surface area contributed by atoms with Gasteiger partial charge in [-0.15, -0.1) is 0 Å². The van der Waals surface area contributed by atoms with E-state index in [4.69, 9.17) is 13.6 Å². The SMILES string of the molecule is CC[Si](CC)(CC)OC[C@H](CC(C)(C)O[Si](CC)(CC)CC)NC(=O)OC(C)(C)C. The molecule has 0 aromatic heterocycles. The van der Waals surface area contributed by atoms with E-state index < -0.39 is 22.2 Å². The molecule has 1 amide bonds. The van der Waals surface area contributed by atoms with Crippen LogP contribution in [0.5, 0.6) is 0 Å². The van der Waals surface area contributed by atoms with Gasteiger partial charge in [0.2, 0.25) is 0 Å². The predicted octanol–water partition coefficient (Wildman–Crippen LogP) is 7.09. The van der Waals surface area contributed by atoms with Crippen LogP contribution >= 0.6 is 0 Å². The van der Waals surface area contributed by atoms with Crippen molar-refractivity contribution in [2.24, 2.45) is 0 Å². The first-order valence-electron chi connectivity index (χ1n) is 12.1. The van der Waals surface area contributed by atoms with E-state index in [1.165, 1.54) is 0 Å². The highest BCUT2D eigenvalue weighted by atomic mass is 28.4. The number of nitrogens with one attached hydrogen (secondary N) is 1. The maximum absolute atomic E-state index is 12.5. The van der Waals surface area contributed by atoms with E-state index in [0.29, 0.717) is 13.0 Å². The smallest absolute Gasteiger partial charge is 0.407 e. The molecule has 180 valence electrons. The lowest BCUT2D eigenvalue weighted by molar-refractivity contribution is 0.0378. The lowest BCUT2D eigenvalue weighted by Crippen LogP contribution is -2.51. The summed E-state index contributed by atoms with van der Waals surface area (Å²) in [5, 5.41) is 3.09. The minimum absolute atomic E-state index is 0.136. The second kappa shape index (κ2) is 12.6. The summed E-state index contributed by atoms with van der Waals surface area (Å²) in [6, 6.07) is 6.48. The highest BCUT2D eigenvalue weighted by Crippen LogP contribution is 2.31. The van der Waals surface area contributed by atoms with Crippen LogP contribution in [0, 0.1) is 0 Å². The second-order valence-electron chi connectivity index (χ2n) is 10.2. The molecule has 0 spiro atoms. The maximum Gasteiger partial charge on any atom is 0.407 e. The Labute approximate surface area is 189 Å². The molecule has 1 atom stereocenters. The minimum Gasteiger partial charge on any atom is -0.444 e. The van der Waals surface area contributed by atoms with E-state index in [9.17, 15) is 4.79 Å². The summed E-state index contributed by atoms with van der Waals surface area (Å²) in [7, 11) is -3.50. The molecule has 5 nitrogen and oxygen atoms in total. The third-order valence-corrected chi connectivity index (χ3v) is 15.9. The van der Waals surface area contributed by atoms with Gasteiger partial charge in [0.25, 0.3) is 0 Å².